The van der Waals surface area contributed by atoms with Gasteiger partial charge in [0.1, 0.15) is 12.4 Å². The van der Waals surface area contributed by atoms with Gasteiger partial charge in [0, 0.05) is 32.3 Å². The van der Waals surface area contributed by atoms with Gasteiger partial charge in [0.15, 0.2) is 0 Å². The number of primary amides is 1. The van der Waals surface area contributed by atoms with Gasteiger partial charge in [-0.1, -0.05) is 31.2 Å². The first kappa shape index (κ1) is 23.1. The molecule has 4 N–H and O–H groups in total. The van der Waals surface area contributed by atoms with Crippen LogP contribution >= 0.6 is 0 Å². The van der Waals surface area contributed by atoms with Gasteiger partial charge in [0.2, 0.25) is 0 Å². The van der Waals surface area contributed by atoms with Crippen molar-refractivity contribution < 1.29 is 14.6 Å². The number of aryl methyl sites for hydroxylation is 1. The number of amides is 1. The number of nitrogens with zero attached hydrogens (tertiary/aromatic N) is 1. The Bertz CT molecular complexity index is 884. The molecule has 0 bridgehead atoms. The summed E-state index contributed by atoms with van der Waals surface area (Å²) in [7, 11) is 0. The molecule has 2 aromatic carbocycles. The first-order chi connectivity index (χ1) is 15.0. The molecule has 31 heavy (non-hydrogen) atoms. The summed E-state index contributed by atoms with van der Waals surface area (Å²) in [5.74, 6) is 0.563. The molecule has 0 radical (unpaired) electrons. The number of hydrogen-bond donors (Lipinski definition) is 3. The SMILES string of the molecule is CCc1ccccc1OCCN[C@H](C)Cc1cc2c(c(C(N)=O)c1)N(CCCO)CC2. The number of hydrogen-bond acceptors (Lipinski definition) is 5. The normalized spacial score (nSPS) is 13.8. The molecule has 0 spiro atoms. The Morgan fingerprint density at radius 1 is 1.32 bits per heavy atom. The number of carbonyl (C=O) groups excluding carboxylic acids is 1. The van der Waals surface area contributed by atoms with Gasteiger partial charge in [0.05, 0.1) is 11.3 Å². The van der Waals surface area contributed by atoms with Crippen LogP contribution in [0.3, 0.4) is 0 Å². The Balaban J connectivity index is 1.57. The van der Waals surface area contributed by atoms with Gasteiger partial charge in [0.25, 0.3) is 5.91 Å². The highest BCUT2D eigenvalue weighted by Crippen LogP contribution is 2.33. The summed E-state index contributed by atoms with van der Waals surface area (Å²) in [6, 6.07) is 12.5. The van der Waals surface area contributed by atoms with Crippen molar-refractivity contribution in [2.24, 2.45) is 5.73 Å². The van der Waals surface area contributed by atoms with Crippen molar-refractivity contribution >= 4 is 11.6 Å². The number of para-hydroxylation sites is 1. The van der Waals surface area contributed by atoms with Crippen LogP contribution in [0.25, 0.3) is 0 Å². The summed E-state index contributed by atoms with van der Waals surface area (Å²) in [4.78, 5) is 14.3. The summed E-state index contributed by atoms with van der Waals surface area (Å²) < 4.78 is 5.94. The van der Waals surface area contributed by atoms with Crippen molar-refractivity contribution in [1.29, 1.82) is 0 Å². The number of aliphatic hydroxyl groups excluding tert-OH is 1. The fraction of sp³-hybridized carbons (Fsp3) is 0.480. The van der Waals surface area contributed by atoms with E-state index in [0.29, 0.717) is 18.6 Å². The summed E-state index contributed by atoms with van der Waals surface area (Å²) in [5.41, 5.74) is 10.8. The Morgan fingerprint density at radius 2 is 2.13 bits per heavy atom. The lowest BCUT2D eigenvalue weighted by atomic mass is 9.98. The first-order valence-corrected chi connectivity index (χ1v) is 11.3. The lowest BCUT2D eigenvalue weighted by molar-refractivity contribution is 0.100. The third kappa shape index (κ3) is 5.99. The highest BCUT2D eigenvalue weighted by Gasteiger charge is 2.25. The summed E-state index contributed by atoms with van der Waals surface area (Å²) >= 11 is 0. The van der Waals surface area contributed by atoms with E-state index in [1.807, 2.05) is 24.3 Å². The van der Waals surface area contributed by atoms with Gasteiger partial charge >= 0.3 is 0 Å². The molecule has 0 unspecified atom stereocenters. The molecule has 168 valence electrons. The first-order valence-electron chi connectivity index (χ1n) is 11.3. The average molecular weight is 426 g/mol. The van der Waals surface area contributed by atoms with E-state index in [-0.39, 0.29) is 12.6 Å². The number of benzene rings is 2. The Hall–Kier alpha value is -2.57. The van der Waals surface area contributed by atoms with Gasteiger partial charge in [-0.15, -0.1) is 0 Å². The van der Waals surface area contributed by atoms with E-state index in [0.717, 1.165) is 55.9 Å². The van der Waals surface area contributed by atoms with Crippen LogP contribution < -0.4 is 20.7 Å². The van der Waals surface area contributed by atoms with Crippen molar-refractivity contribution in [2.45, 2.75) is 45.6 Å². The van der Waals surface area contributed by atoms with Gasteiger partial charge in [-0.3, -0.25) is 4.79 Å². The molecule has 1 heterocycles. The number of nitrogens with one attached hydrogen (secondary N) is 1. The second-order valence-electron chi connectivity index (χ2n) is 8.20. The van der Waals surface area contributed by atoms with Gasteiger partial charge in [-0.2, -0.15) is 0 Å². The maximum atomic E-state index is 12.1. The lowest BCUT2D eigenvalue weighted by Gasteiger charge is -2.22. The molecular weight excluding hydrogens is 390 g/mol. The topological polar surface area (TPSA) is 87.8 Å². The minimum absolute atomic E-state index is 0.146. The number of nitrogens with two attached hydrogens (primary N) is 1. The molecule has 1 aliphatic rings. The third-order valence-corrected chi connectivity index (χ3v) is 5.82. The van der Waals surface area contributed by atoms with Crippen molar-refractivity contribution in [1.82, 2.24) is 5.32 Å². The minimum Gasteiger partial charge on any atom is -0.492 e. The van der Waals surface area contributed by atoms with E-state index in [2.05, 4.69) is 36.2 Å². The van der Waals surface area contributed by atoms with E-state index in [4.69, 9.17) is 15.6 Å². The number of aliphatic hydroxyl groups is 1. The largest absolute Gasteiger partial charge is 0.492 e. The smallest absolute Gasteiger partial charge is 0.250 e. The zero-order valence-electron chi connectivity index (χ0n) is 18.7. The second-order valence-corrected chi connectivity index (χ2v) is 8.20. The van der Waals surface area contributed by atoms with Crippen LogP contribution in [0.1, 0.15) is 47.3 Å². The van der Waals surface area contributed by atoms with Crippen molar-refractivity contribution in [3.05, 3.63) is 58.7 Å². The van der Waals surface area contributed by atoms with Crippen molar-refractivity contribution in [2.75, 3.05) is 37.7 Å². The summed E-state index contributed by atoms with van der Waals surface area (Å²) in [6.45, 7) is 7.38. The summed E-state index contributed by atoms with van der Waals surface area (Å²) in [5, 5.41) is 12.7. The van der Waals surface area contributed by atoms with E-state index < -0.39 is 5.91 Å². The van der Waals surface area contributed by atoms with Crippen LogP contribution in [0, 0.1) is 0 Å². The van der Waals surface area contributed by atoms with Crippen LogP contribution in [0.5, 0.6) is 5.75 Å². The highest BCUT2D eigenvalue weighted by molar-refractivity contribution is 6.00. The summed E-state index contributed by atoms with van der Waals surface area (Å²) in [6.07, 6.45) is 3.36. The molecule has 6 nitrogen and oxygen atoms in total. The third-order valence-electron chi connectivity index (χ3n) is 5.82. The molecule has 6 heteroatoms. The van der Waals surface area contributed by atoms with Gasteiger partial charge in [-0.05, 0) is 61.4 Å². The van der Waals surface area contributed by atoms with Crippen LogP contribution in [0.4, 0.5) is 5.69 Å². The molecule has 0 aromatic heterocycles. The number of fused-ring (bicyclic) bond motifs is 1. The monoisotopic (exact) mass is 425 g/mol. The van der Waals surface area contributed by atoms with E-state index >= 15 is 0 Å². The Kier molecular flexibility index (Phi) is 8.32. The maximum Gasteiger partial charge on any atom is 0.250 e. The van der Waals surface area contributed by atoms with Crippen molar-refractivity contribution in [3.63, 3.8) is 0 Å². The van der Waals surface area contributed by atoms with Gasteiger partial charge in [-0.25, -0.2) is 0 Å². The predicted octanol–water partition coefficient (Wildman–Crippen LogP) is 2.69. The van der Waals surface area contributed by atoms with E-state index in [1.165, 1.54) is 11.1 Å². The minimum atomic E-state index is -0.391. The molecule has 0 aliphatic carbocycles. The molecule has 3 rings (SSSR count). The van der Waals surface area contributed by atoms with Crippen LogP contribution in [0.2, 0.25) is 0 Å². The van der Waals surface area contributed by atoms with Gasteiger partial charge < -0.3 is 25.8 Å². The van der Waals surface area contributed by atoms with Crippen LogP contribution in [-0.4, -0.2) is 49.9 Å². The molecule has 2 aromatic rings. The molecular formula is C25H35N3O3. The Labute approximate surface area is 185 Å². The van der Waals surface area contributed by atoms with Crippen LogP contribution in [0.15, 0.2) is 36.4 Å². The molecule has 1 atom stereocenters. The standard InChI is InChI=1S/C25H35N3O3/c1-3-20-7-4-5-8-23(20)31-14-10-27-18(2)15-19-16-21-9-12-28(11-6-13-29)24(21)22(17-19)25(26)30/h4-5,7-8,16-18,27,29H,3,6,9-15H2,1-2H3,(H2,26,30)/t18-/m1/s1. The molecule has 1 amide bonds. The number of carbonyl (C=O) groups is 1. The zero-order chi connectivity index (χ0) is 22.2. The quantitative estimate of drug-likeness (QED) is 0.455. The fourth-order valence-electron chi connectivity index (χ4n) is 4.31. The van der Waals surface area contributed by atoms with E-state index in [1.54, 1.807) is 0 Å². The lowest BCUT2D eigenvalue weighted by Crippen LogP contribution is -2.32. The zero-order valence-corrected chi connectivity index (χ0v) is 18.7. The molecule has 0 saturated carbocycles. The second kappa shape index (κ2) is 11.2. The predicted molar refractivity (Wildman–Crippen MR) is 125 cm³/mol. The number of anilines is 1. The fourth-order valence-corrected chi connectivity index (χ4v) is 4.31. The maximum absolute atomic E-state index is 12.1. The molecule has 0 saturated heterocycles. The number of rotatable bonds is 12. The average Bonchev–Trinajstić information content (AvgIpc) is 3.17. The van der Waals surface area contributed by atoms with Crippen LogP contribution in [-0.2, 0) is 19.3 Å². The Morgan fingerprint density at radius 3 is 2.87 bits per heavy atom. The molecule has 0 fully saturated rings. The highest BCUT2D eigenvalue weighted by atomic mass is 16.5. The number of ether oxygens (including phenoxy) is 1. The molecule has 1 aliphatic heterocycles. The van der Waals surface area contributed by atoms with Crippen molar-refractivity contribution in [3.8, 4) is 5.75 Å². The van der Waals surface area contributed by atoms with E-state index in [9.17, 15) is 4.79 Å².